The van der Waals surface area contributed by atoms with Crippen LogP contribution in [-0.4, -0.2) is 9.97 Å². The Labute approximate surface area is 174 Å². The summed E-state index contributed by atoms with van der Waals surface area (Å²) < 4.78 is 1.26. The minimum atomic E-state index is 0.299. The molecule has 29 heavy (non-hydrogen) atoms. The third kappa shape index (κ3) is 2.78. The van der Waals surface area contributed by atoms with Crippen molar-refractivity contribution in [2.75, 3.05) is 5.32 Å². The number of thiazole rings is 1. The molecule has 0 radical (unpaired) electrons. The lowest BCUT2D eigenvalue weighted by Crippen LogP contribution is -2.29. The summed E-state index contributed by atoms with van der Waals surface area (Å²) in [6, 6.07) is 17.8. The van der Waals surface area contributed by atoms with Crippen molar-refractivity contribution in [2.24, 2.45) is 5.92 Å². The molecule has 0 amide bonds. The highest BCUT2D eigenvalue weighted by Crippen LogP contribution is 2.50. The lowest BCUT2D eigenvalue weighted by atomic mass is 9.77. The second kappa shape index (κ2) is 6.53. The predicted molar refractivity (Wildman–Crippen MR) is 120 cm³/mol. The van der Waals surface area contributed by atoms with Crippen molar-refractivity contribution in [2.45, 2.75) is 25.3 Å². The number of hydrogen-bond acceptors (Lipinski definition) is 4. The normalized spacial score (nSPS) is 22.3. The third-order valence-corrected chi connectivity index (χ3v) is 7.26. The topological polar surface area (TPSA) is 37.8 Å². The number of rotatable bonds is 2. The highest BCUT2D eigenvalue weighted by molar-refractivity contribution is 7.21. The second-order valence-corrected chi connectivity index (χ2v) is 9.08. The molecule has 0 spiro atoms. The maximum Gasteiger partial charge on any atom is 0.124 e. The molecular formula is C25H21N3S. The Kier molecular flexibility index (Phi) is 3.81. The number of aromatic nitrogens is 2. The molecule has 3 nitrogen and oxygen atoms in total. The predicted octanol–water partition coefficient (Wildman–Crippen LogP) is 6.49. The fourth-order valence-corrected chi connectivity index (χ4v) is 5.83. The van der Waals surface area contributed by atoms with E-state index in [1.807, 2.05) is 18.5 Å². The van der Waals surface area contributed by atoms with Gasteiger partial charge in [0.05, 0.1) is 16.3 Å². The zero-order chi connectivity index (χ0) is 19.4. The molecule has 1 N–H and O–H groups in total. The Hall–Kier alpha value is -2.98. The molecule has 3 unspecified atom stereocenters. The molecule has 3 heterocycles. The highest BCUT2D eigenvalue weighted by Gasteiger charge is 2.38. The summed E-state index contributed by atoms with van der Waals surface area (Å²) in [5, 5.41) is 4.90. The molecule has 1 aliphatic heterocycles. The van der Waals surface area contributed by atoms with E-state index in [1.54, 1.807) is 11.3 Å². The van der Waals surface area contributed by atoms with Gasteiger partial charge >= 0.3 is 0 Å². The van der Waals surface area contributed by atoms with Crippen LogP contribution in [0.4, 0.5) is 5.69 Å². The van der Waals surface area contributed by atoms with Crippen molar-refractivity contribution < 1.29 is 0 Å². The van der Waals surface area contributed by atoms with E-state index in [0.717, 1.165) is 16.9 Å². The Morgan fingerprint density at radius 2 is 2.07 bits per heavy atom. The molecule has 2 aromatic heterocycles. The van der Waals surface area contributed by atoms with Crippen molar-refractivity contribution >= 4 is 27.2 Å². The molecule has 2 aliphatic rings. The number of hydrogen-bond donors (Lipinski definition) is 1. The minimum Gasteiger partial charge on any atom is -0.378 e. The second-order valence-electron chi connectivity index (χ2n) is 8.05. The van der Waals surface area contributed by atoms with Gasteiger partial charge in [-0.15, -0.1) is 11.3 Å². The van der Waals surface area contributed by atoms with Gasteiger partial charge in [-0.2, -0.15) is 0 Å². The van der Waals surface area contributed by atoms with Crippen molar-refractivity contribution in [1.29, 1.82) is 0 Å². The number of aryl methyl sites for hydroxylation is 1. The Bertz CT molecular complexity index is 1240. The maximum absolute atomic E-state index is 4.89. The van der Waals surface area contributed by atoms with Crippen LogP contribution in [0.3, 0.4) is 0 Å². The van der Waals surface area contributed by atoms with Crippen LogP contribution >= 0.6 is 11.3 Å². The molecule has 2 aromatic carbocycles. The van der Waals surface area contributed by atoms with E-state index in [4.69, 9.17) is 4.98 Å². The van der Waals surface area contributed by atoms with E-state index in [-0.39, 0.29) is 0 Å². The molecule has 0 saturated heterocycles. The van der Waals surface area contributed by atoms with Crippen LogP contribution in [0, 0.1) is 12.8 Å². The number of benzene rings is 2. The molecule has 3 atom stereocenters. The Morgan fingerprint density at radius 1 is 1.10 bits per heavy atom. The lowest BCUT2D eigenvalue weighted by molar-refractivity contribution is 0.425. The van der Waals surface area contributed by atoms with E-state index in [2.05, 4.69) is 71.8 Å². The standard InChI is InChI=1S/C25H21N3S/c1-15-7-9-22-23(12-15)29-25(28-22)16-8-10-21-20(13-16)18-5-2-6-19(18)24(27-21)17-4-3-11-26-14-17/h2-5,7-14,18-19,24,27H,6H2,1H3. The van der Waals surface area contributed by atoms with Crippen LogP contribution in [0.25, 0.3) is 20.8 Å². The van der Waals surface area contributed by atoms with Gasteiger partial charge in [-0.1, -0.05) is 24.3 Å². The van der Waals surface area contributed by atoms with Crippen LogP contribution in [0.5, 0.6) is 0 Å². The van der Waals surface area contributed by atoms with Gasteiger partial charge in [-0.25, -0.2) is 4.98 Å². The molecule has 1 aliphatic carbocycles. The fraction of sp³-hybridized carbons (Fsp3) is 0.200. The first-order valence-electron chi connectivity index (χ1n) is 10.1. The van der Waals surface area contributed by atoms with Gasteiger partial charge < -0.3 is 5.32 Å². The summed E-state index contributed by atoms with van der Waals surface area (Å²) in [6.45, 7) is 2.13. The number of fused-ring (bicyclic) bond motifs is 4. The van der Waals surface area contributed by atoms with Crippen LogP contribution < -0.4 is 5.32 Å². The highest BCUT2D eigenvalue weighted by atomic mass is 32.1. The van der Waals surface area contributed by atoms with Crippen molar-refractivity contribution in [3.63, 3.8) is 0 Å². The van der Waals surface area contributed by atoms with Crippen LogP contribution in [0.2, 0.25) is 0 Å². The largest absolute Gasteiger partial charge is 0.378 e. The molecule has 6 rings (SSSR count). The van der Waals surface area contributed by atoms with E-state index < -0.39 is 0 Å². The number of nitrogens with zero attached hydrogens (tertiary/aromatic N) is 2. The van der Waals surface area contributed by atoms with Gasteiger partial charge in [0.1, 0.15) is 5.01 Å². The quantitative estimate of drug-likeness (QED) is 0.394. The van der Waals surface area contributed by atoms with E-state index in [1.165, 1.54) is 32.6 Å². The summed E-state index contributed by atoms with van der Waals surface area (Å²) in [5.74, 6) is 0.966. The molecular weight excluding hydrogens is 374 g/mol. The SMILES string of the molecule is Cc1ccc2nc(-c3ccc4c(c3)C3C=CCC3C(c3cccnc3)N4)sc2c1. The monoisotopic (exact) mass is 395 g/mol. The number of allylic oxidation sites excluding steroid dienone is 2. The van der Waals surface area contributed by atoms with E-state index in [0.29, 0.717) is 17.9 Å². The van der Waals surface area contributed by atoms with Crippen molar-refractivity contribution in [3.8, 4) is 10.6 Å². The van der Waals surface area contributed by atoms with Gasteiger partial charge in [0.2, 0.25) is 0 Å². The summed E-state index contributed by atoms with van der Waals surface area (Å²) in [6.07, 6.45) is 9.66. The van der Waals surface area contributed by atoms with Crippen molar-refractivity contribution in [3.05, 3.63) is 89.8 Å². The summed E-state index contributed by atoms with van der Waals surface area (Å²) in [5.41, 5.74) is 7.46. The van der Waals surface area contributed by atoms with Crippen LogP contribution in [0.15, 0.2) is 73.1 Å². The number of pyridine rings is 1. The first kappa shape index (κ1) is 16.9. The summed E-state index contributed by atoms with van der Waals surface area (Å²) in [7, 11) is 0. The van der Waals surface area contributed by atoms with Gasteiger partial charge in [-0.3, -0.25) is 4.98 Å². The molecule has 4 aromatic rings. The van der Waals surface area contributed by atoms with Gasteiger partial charge in [0.15, 0.2) is 0 Å². The number of anilines is 1. The first-order valence-corrected chi connectivity index (χ1v) is 10.9. The Balaban J connectivity index is 1.42. The smallest absolute Gasteiger partial charge is 0.124 e. The molecule has 0 fully saturated rings. The average Bonchev–Trinajstić information content (AvgIpc) is 3.40. The molecule has 0 saturated carbocycles. The van der Waals surface area contributed by atoms with Crippen LogP contribution in [-0.2, 0) is 0 Å². The lowest BCUT2D eigenvalue weighted by Gasteiger charge is -2.37. The molecule has 142 valence electrons. The fourth-order valence-electron chi connectivity index (χ4n) is 4.77. The van der Waals surface area contributed by atoms with Gasteiger partial charge in [-0.05, 0) is 72.4 Å². The summed E-state index contributed by atoms with van der Waals surface area (Å²) in [4.78, 5) is 9.24. The zero-order valence-electron chi connectivity index (χ0n) is 16.2. The Morgan fingerprint density at radius 3 is 2.97 bits per heavy atom. The first-order chi connectivity index (χ1) is 14.3. The van der Waals surface area contributed by atoms with E-state index >= 15 is 0 Å². The molecule has 0 bridgehead atoms. The van der Waals surface area contributed by atoms with Gasteiger partial charge in [0, 0.05) is 29.6 Å². The molecule has 4 heteroatoms. The zero-order valence-corrected chi connectivity index (χ0v) is 17.0. The third-order valence-electron chi connectivity index (χ3n) is 6.20. The maximum atomic E-state index is 4.89. The minimum absolute atomic E-state index is 0.299. The average molecular weight is 396 g/mol. The number of nitrogens with one attached hydrogen (secondary N) is 1. The van der Waals surface area contributed by atoms with Crippen LogP contribution in [0.1, 0.15) is 35.1 Å². The summed E-state index contributed by atoms with van der Waals surface area (Å²) >= 11 is 1.78. The van der Waals surface area contributed by atoms with E-state index in [9.17, 15) is 0 Å². The van der Waals surface area contributed by atoms with Crippen molar-refractivity contribution in [1.82, 2.24) is 9.97 Å². The van der Waals surface area contributed by atoms with Gasteiger partial charge in [0.25, 0.3) is 0 Å².